The van der Waals surface area contributed by atoms with Gasteiger partial charge in [-0.25, -0.2) is 4.39 Å². The summed E-state index contributed by atoms with van der Waals surface area (Å²) in [6, 6.07) is 5.40. The second kappa shape index (κ2) is 8.06. The lowest BCUT2D eigenvalue weighted by Crippen LogP contribution is -2.41. The quantitative estimate of drug-likeness (QED) is 0.754. The minimum atomic E-state index is -0.439. The van der Waals surface area contributed by atoms with Gasteiger partial charge in [-0.1, -0.05) is 6.92 Å². The van der Waals surface area contributed by atoms with E-state index < -0.39 is 11.7 Å². The molecule has 2 atom stereocenters. The standard InChI is InChI=1S/C17H22FNO4/c1-12(17(21)22-2)10-19(11-15-4-3-9-23-15)16(20)13-5-7-14(18)8-6-13/h5-8,12,15H,3-4,9-11H2,1-2H3. The van der Waals surface area contributed by atoms with Gasteiger partial charge in [0, 0.05) is 25.3 Å². The molecule has 0 radical (unpaired) electrons. The summed E-state index contributed by atoms with van der Waals surface area (Å²) in [5.74, 6) is -1.44. The Balaban J connectivity index is 2.12. The van der Waals surface area contributed by atoms with Crippen LogP contribution in [0.25, 0.3) is 0 Å². The molecule has 1 aromatic rings. The Morgan fingerprint density at radius 2 is 2.09 bits per heavy atom. The molecule has 1 aliphatic rings. The number of carbonyl (C=O) groups is 2. The topological polar surface area (TPSA) is 55.8 Å². The summed E-state index contributed by atoms with van der Waals surface area (Å²) >= 11 is 0. The fourth-order valence-corrected chi connectivity index (χ4v) is 2.66. The number of nitrogens with zero attached hydrogens (tertiary/aromatic N) is 1. The summed E-state index contributed by atoms with van der Waals surface area (Å²) in [5.41, 5.74) is 0.390. The minimum absolute atomic E-state index is 0.0238. The van der Waals surface area contributed by atoms with Crippen LogP contribution >= 0.6 is 0 Å². The van der Waals surface area contributed by atoms with Crippen molar-refractivity contribution in [1.29, 1.82) is 0 Å². The van der Waals surface area contributed by atoms with Crippen LogP contribution in [0.2, 0.25) is 0 Å². The minimum Gasteiger partial charge on any atom is -0.469 e. The molecule has 6 heteroatoms. The van der Waals surface area contributed by atoms with Gasteiger partial charge in [-0.15, -0.1) is 0 Å². The van der Waals surface area contributed by atoms with Crippen molar-refractivity contribution in [2.24, 2.45) is 5.92 Å². The Bertz CT molecular complexity index is 540. The van der Waals surface area contributed by atoms with Crippen LogP contribution in [-0.2, 0) is 14.3 Å². The van der Waals surface area contributed by atoms with Gasteiger partial charge in [0.25, 0.3) is 5.91 Å². The maximum absolute atomic E-state index is 13.0. The molecule has 5 nitrogen and oxygen atoms in total. The Labute approximate surface area is 135 Å². The highest BCUT2D eigenvalue weighted by molar-refractivity contribution is 5.94. The van der Waals surface area contributed by atoms with Crippen LogP contribution in [0.5, 0.6) is 0 Å². The van der Waals surface area contributed by atoms with Crippen molar-refractivity contribution >= 4 is 11.9 Å². The largest absolute Gasteiger partial charge is 0.469 e. The van der Waals surface area contributed by atoms with E-state index in [9.17, 15) is 14.0 Å². The molecule has 0 spiro atoms. The van der Waals surface area contributed by atoms with E-state index in [1.807, 2.05) is 0 Å². The van der Waals surface area contributed by atoms with Crippen molar-refractivity contribution < 1.29 is 23.5 Å². The Kier molecular flexibility index (Phi) is 6.10. The van der Waals surface area contributed by atoms with E-state index in [1.54, 1.807) is 11.8 Å². The van der Waals surface area contributed by atoms with Gasteiger partial charge in [0.15, 0.2) is 0 Å². The molecular formula is C17H22FNO4. The average Bonchev–Trinajstić information content (AvgIpc) is 3.06. The molecule has 0 aliphatic carbocycles. The van der Waals surface area contributed by atoms with Crippen molar-refractivity contribution in [1.82, 2.24) is 4.90 Å². The van der Waals surface area contributed by atoms with Crippen LogP contribution in [0, 0.1) is 11.7 Å². The zero-order valence-corrected chi connectivity index (χ0v) is 13.5. The number of rotatable bonds is 6. The fraction of sp³-hybridized carbons (Fsp3) is 0.529. The van der Waals surface area contributed by atoms with Gasteiger partial charge in [0.1, 0.15) is 5.82 Å². The first kappa shape index (κ1) is 17.4. The van der Waals surface area contributed by atoms with Crippen molar-refractivity contribution in [2.75, 3.05) is 26.8 Å². The second-order valence-corrected chi connectivity index (χ2v) is 5.78. The van der Waals surface area contributed by atoms with Gasteiger partial charge >= 0.3 is 5.97 Å². The van der Waals surface area contributed by atoms with Crippen LogP contribution in [0.3, 0.4) is 0 Å². The molecule has 1 heterocycles. The van der Waals surface area contributed by atoms with Crippen molar-refractivity contribution in [3.05, 3.63) is 35.6 Å². The predicted octanol–water partition coefficient (Wildman–Crippen LogP) is 2.26. The monoisotopic (exact) mass is 323 g/mol. The van der Waals surface area contributed by atoms with E-state index in [0.717, 1.165) is 12.8 Å². The molecule has 0 saturated carbocycles. The van der Waals surface area contributed by atoms with Gasteiger partial charge in [-0.3, -0.25) is 9.59 Å². The molecule has 1 amide bonds. The van der Waals surface area contributed by atoms with E-state index in [4.69, 9.17) is 9.47 Å². The number of amides is 1. The molecule has 1 fully saturated rings. The van der Waals surface area contributed by atoms with Crippen LogP contribution in [0.1, 0.15) is 30.1 Å². The summed E-state index contributed by atoms with van der Waals surface area (Å²) in [5, 5.41) is 0. The van der Waals surface area contributed by atoms with Gasteiger partial charge in [-0.2, -0.15) is 0 Å². The first-order valence-electron chi connectivity index (χ1n) is 7.75. The lowest BCUT2D eigenvalue weighted by atomic mass is 10.1. The van der Waals surface area contributed by atoms with Gasteiger partial charge in [0.2, 0.25) is 0 Å². The van der Waals surface area contributed by atoms with Crippen molar-refractivity contribution in [3.8, 4) is 0 Å². The molecule has 23 heavy (non-hydrogen) atoms. The first-order chi connectivity index (χ1) is 11.0. The van der Waals surface area contributed by atoms with Gasteiger partial charge in [0.05, 0.1) is 19.1 Å². The Morgan fingerprint density at radius 1 is 1.39 bits per heavy atom. The molecule has 2 unspecified atom stereocenters. The highest BCUT2D eigenvalue weighted by Gasteiger charge is 2.27. The average molecular weight is 323 g/mol. The molecule has 2 rings (SSSR count). The summed E-state index contributed by atoms with van der Waals surface area (Å²) < 4.78 is 23.3. The lowest BCUT2D eigenvalue weighted by Gasteiger charge is -2.27. The summed E-state index contributed by atoms with van der Waals surface area (Å²) in [4.78, 5) is 25.9. The zero-order valence-electron chi connectivity index (χ0n) is 13.5. The SMILES string of the molecule is COC(=O)C(C)CN(CC1CCCO1)C(=O)c1ccc(F)cc1. The summed E-state index contributed by atoms with van der Waals surface area (Å²) in [6.07, 6.45) is 1.83. The van der Waals surface area contributed by atoms with E-state index in [0.29, 0.717) is 18.7 Å². The summed E-state index contributed by atoms with van der Waals surface area (Å²) in [6.45, 7) is 3.06. The molecule has 1 aromatic carbocycles. The zero-order chi connectivity index (χ0) is 16.8. The molecule has 126 valence electrons. The number of hydrogen-bond acceptors (Lipinski definition) is 4. The normalized spacial score (nSPS) is 18.5. The number of methoxy groups -OCH3 is 1. The highest BCUT2D eigenvalue weighted by Crippen LogP contribution is 2.17. The van der Waals surface area contributed by atoms with Crippen LogP contribution < -0.4 is 0 Å². The summed E-state index contributed by atoms with van der Waals surface area (Å²) in [7, 11) is 1.32. The van der Waals surface area contributed by atoms with Gasteiger partial charge < -0.3 is 14.4 Å². The van der Waals surface area contributed by atoms with Gasteiger partial charge in [-0.05, 0) is 37.1 Å². The lowest BCUT2D eigenvalue weighted by molar-refractivity contribution is -0.145. The molecule has 0 N–H and O–H groups in total. The van der Waals surface area contributed by atoms with E-state index >= 15 is 0 Å². The molecule has 1 aliphatic heterocycles. The van der Waals surface area contributed by atoms with Crippen LogP contribution in [0.4, 0.5) is 4.39 Å². The number of halogens is 1. The van der Waals surface area contributed by atoms with E-state index in [-0.39, 0.29) is 24.5 Å². The number of hydrogen-bond donors (Lipinski definition) is 0. The maximum Gasteiger partial charge on any atom is 0.310 e. The highest BCUT2D eigenvalue weighted by atomic mass is 19.1. The number of ether oxygens (including phenoxy) is 2. The third-order valence-corrected chi connectivity index (χ3v) is 3.92. The maximum atomic E-state index is 13.0. The molecular weight excluding hydrogens is 301 g/mol. The fourth-order valence-electron chi connectivity index (χ4n) is 2.66. The van der Waals surface area contributed by atoms with Crippen molar-refractivity contribution in [3.63, 3.8) is 0 Å². The van der Waals surface area contributed by atoms with Crippen LogP contribution in [-0.4, -0.2) is 49.7 Å². The molecule has 1 saturated heterocycles. The van der Waals surface area contributed by atoms with E-state index in [2.05, 4.69) is 0 Å². The number of carbonyl (C=O) groups excluding carboxylic acids is 2. The molecule has 0 bridgehead atoms. The first-order valence-corrected chi connectivity index (χ1v) is 7.75. The number of benzene rings is 1. The second-order valence-electron chi connectivity index (χ2n) is 5.78. The van der Waals surface area contributed by atoms with E-state index in [1.165, 1.54) is 31.4 Å². The van der Waals surface area contributed by atoms with Crippen LogP contribution in [0.15, 0.2) is 24.3 Å². The third-order valence-electron chi connectivity index (χ3n) is 3.92. The predicted molar refractivity (Wildman–Crippen MR) is 82.5 cm³/mol. The smallest absolute Gasteiger partial charge is 0.310 e. The van der Waals surface area contributed by atoms with Crippen molar-refractivity contribution in [2.45, 2.75) is 25.9 Å². The number of esters is 1. The third kappa shape index (κ3) is 4.76. The molecule has 0 aromatic heterocycles. The Morgan fingerprint density at radius 3 is 2.65 bits per heavy atom. The Hall–Kier alpha value is -1.95.